The highest BCUT2D eigenvalue weighted by Crippen LogP contribution is 2.39. The molecule has 2 amide bonds. The molecule has 92 valence electrons. The predicted octanol–water partition coefficient (Wildman–Crippen LogP) is 0.801. The van der Waals surface area contributed by atoms with Crippen LogP contribution in [0.2, 0.25) is 0 Å². The number of amides is 2. The Balaban J connectivity index is 2.28. The van der Waals surface area contributed by atoms with E-state index < -0.39 is 12.0 Å². The van der Waals surface area contributed by atoms with E-state index in [-0.39, 0.29) is 30.1 Å². The molecule has 1 aliphatic heterocycles. The van der Waals surface area contributed by atoms with Crippen molar-refractivity contribution >= 4 is 17.8 Å². The molecule has 1 heterocycles. The molecule has 0 radical (unpaired) electrons. The first-order valence-electron chi connectivity index (χ1n) is 5.77. The number of carbonyl (C=O) groups is 3. The average molecular weight is 237 g/mol. The summed E-state index contributed by atoms with van der Waals surface area (Å²) in [7, 11) is 0. The van der Waals surface area contributed by atoms with E-state index in [1.165, 1.54) is 6.08 Å². The van der Waals surface area contributed by atoms with Crippen LogP contribution in [-0.4, -0.2) is 33.8 Å². The van der Waals surface area contributed by atoms with Gasteiger partial charge in [-0.1, -0.05) is 6.08 Å². The van der Waals surface area contributed by atoms with Gasteiger partial charge in [-0.3, -0.25) is 14.5 Å². The molecule has 2 aliphatic rings. The molecule has 1 saturated carbocycles. The number of piperidine rings is 1. The number of carbonyl (C=O) groups excluding carboxylic acids is 2. The number of imide groups is 1. The summed E-state index contributed by atoms with van der Waals surface area (Å²) in [4.78, 5) is 36.1. The van der Waals surface area contributed by atoms with Gasteiger partial charge < -0.3 is 5.11 Å². The summed E-state index contributed by atoms with van der Waals surface area (Å²) in [6.07, 6.45) is 3.52. The number of aliphatic carboxylic acids is 1. The summed E-state index contributed by atoms with van der Waals surface area (Å²) < 4.78 is 0. The maximum atomic E-state index is 12.0. The Hall–Kier alpha value is -1.65. The number of nitrogens with zero attached hydrogens (tertiary/aromatic N) is 1. The second-order valence-electron chi connectivity index (χ2n) is 4.63. The van der Waals surface area contributed by atoms with Crippen LogP contribution in [0.1, 0.15) is 25.7 Å². The van der Waals surface area contributed by atoms with Crippen molar-refractivity contribution in [3.63, 3.8) is 0 Å². The van der Waals surface area contributed by atoms with Crippen molar-refractivity contribution in [1.29, 1.82) is 0 Å². The SMILES string of the molecule is C=CCC(C(=O)O)N1C(=O)C2CCC(C2)C1=O. The van der Waals surface area contributed by atoms with Crippen molar-refractivity contribution in [3.05, 3.63) is 12.7 Å². The second kappa shape index (κ2) is 4.31. The van der Waals surface area contributed by atoms with Crippen molar-refractivity contribution in [3.8, 4) is 0 Å². The lowest BCUT2D eigenvalue weighted by Crippen LogP contribution is -2.54. The van der Waals surface area contributed by atoms with Gasteiger partial charge in [-0.25, -0.2) is 4.79 Å². The van der Waals surface area contributed by atoms with Crippen molar-refractivity contribution in [2.75, 3.05) is 0 Å². The third kappa shape index (κ3) is 1.85. The molecule has 0 spiro atoms. The van der Waals surface area contributed by atoms with E-state index in [0.29, 0.717) is 19.3 Å². The van der Waals surface area contributed by atoms with Gasteiger partial charge >= 0.3 is 5.97 Å². The van der Waals surface area contributed by atoms with E-state index in [0.717, 1.165) is 4.90 Å². The standard InChI is InChI=1S/C12H15NO4/c1-2-3-9(12(16)17)13-10(14)7-4-5-8(6-7)11(13)15/h2,7-9H,1,3-6H2,(H,16,17). The molecule has 17 heavy (non-hydrogen) atoms. The molecule has 0 aromatic rings. The van der Waals surface area contributed by atoms with Crippen molar-refractivity contribution in [1.82, 2.24) is 4.90 Å². The molecule has 1 aliphatic carbocycles. The van der Waals surface area contributed by atoms with E-state index in [2.05, 4.69) is 6.58 Å². The smallest absolute Gasteiger partial charge is 0.327 e. The lowest BCUT2D eigenvalue weighted by atomic mass is 9.95. The fourth-order valence-electron chi connectivity index (χ4n) is 2.71. The Kier molecular flexibility index (Phi) is 3.00. The van der Waals surface area contributed by atoms with Crippen LogP contribution in [0.4, 0.5) is 0 Å². The highest BCUT2D eigenvalue weighted by atomic mass is 16.4. The maximum absolute atomic E-state index is 12.0. The van der Waals surface area contributed by atoms with E-state index >= 15 is 0 Å². The van der Waals surface area contributed by atoms with Crippen LogP contribution >= 0.6 is 0 Å². The third-order valence-corrected chi connectivity index (χ3v) is 3.59. The Morgan fingerprint density at radius 3 is 2.35 bits per heavy atom. The molecular weight excluding hydrogens is 222 g/mol. The summed E-state index contributed by atoms with van der Waals surface area (Å²) in [6.45, 7) is 3.47. The molecule has 2 bridgehead atoms. The molecule has 0 aromatic heterocycles. The predicted molar refractivity (Wildman–Crippen MR) is 58.9 cm³/mol. The quantitative estimate of drug-likeness (QED) is 0.579. The minimum absolute atomic E-state index is 0.103. The Labute approximate surface area is 99.1 Å². The zero-order valence-corrected chi connectivity index (χ0v) is 9.46. The van der Waals surface area contributed by atoms with Crippen molar-refractivity contribution in [2.45, 2.75) is 31.7 Å². The highest BCUT2D eigenvalue weighted by molar-refractivity contribution is 6.03. The van der Waals surface area contributed by atoms with Crippen molar-refractivity contribution in [2.24, 2.45) is 11.8 Å². The summed E-state index contributed by atoms with van der Waals surface area (Å²) in [5, 5.41) is 9.09. The van der Waals surface area contributed by atoms with E-state index in [1.807, 2.05) is 0 Å². The van der Waals surface area contributed by atoms with Crippen molar-refractivity contribution < 1.29 is 19.5 Å². The number of carboxylic acid groups (broad SMARTS) is 1. The number of fused-ring (bicyclic) bond motifs is 2. The summed E-state index contributed by atoms with van der Waals surface area (Å²) in [5.74, 6) is -2.11. The lowest BCUT2D eigenvalue weighted by Gasteiger charge is -2.33. The van der Waals surface area contributed by atoms with E-state index in [9.17, 15) is 14.4 Å². The van der Waals surface area contributed by atoms with Crippen LogP contribution in [0, 0.1) is 11.8 Å². The molecule has 2 rings (SSSR count). The van der Waals surface area contributed by atoms with Crippen LogP contribution in [0.3, 0.4) is 0 Å². The summed E-state index contributed by atoms with van der Waals surface area (Å²) in [6, 6.07) is -1.09. The van der Waals surface area contributed by atoms with Gasteiger partial charge in [0.2, 0.25) is 11.8 Å². The summed E-state index contributed by atoms with van der Waals surface area (Å²) in [5.41, 5.74) is 0. The largest absolute Gasteiger partial charge is 0.480 e. The zero-order chi connectivity index (χ0) is 12.6. The van der Waals surface area contributed by atoms with E-state index in [4.69, 9.17) is 5.11 Å². The Morgan fingerprint density at radius 2 is 1.94 bits per heavy atom. The van der Waals surface area contributed by atoms with Crippen LogP contribution in [-0.2, 0) is 14.4 Å². The maximum Gasteiger partial charge on any atom is 0.327 e. The van der Waals surface area contributed by atoms with Gasteiger partial charge in [-0.15, -0.1) is 6.58 Å². The average Bonchev–Trinajstić information content (AvgIpc) is 2.72. The van der Waals surface area contributed by atoms with Crippen LogP contribution in [0.5, 0.6) is 0 Å². The van der Waals surface area contributed by atoms with E-state index in [1.54, 1.807) is 0 Å². The summed E-state index contributed by atoms with van der Waals surface area (Å²) >= 11 is 0. The molecule has 5 heteroatoms. The monoisotopic (exact) mass is 237 g/mol. The van der Waals surface area contributed by atoms with Gasteiger partial charge in [0.05, 0.1) is 0 Å². The molecule has 3 unspecified atom stereocenters. The number of hydrogen-bond acceptors (Lipinski definition) is 3. The van der Waals surface area contributed by atoms with Gasteiger partial charge in [0.15, 0.2) is 0 Å². The first-order valence-corrected chi connectivity index (χ1v) is 5.77. The molecule has 5 nitrogen and oxygen atoms in total. The second-order valence-corrected chi connectivity index (χ2v) is 4.63. The van der Waals surface area contributed by atoms with Crippen LogP contribution < -0.4 is 0 Å². The van der Waals surface area contributed by atoms with Gasteiger partial charge in [0.1, 0.15) is 6.04 Å². The number of carboxylic acids is 1. The number of rotatable bonds is 4. The topological polar surface area (TPSA) is 74.7 Å². The molecule has 1 saturated heterocycles. The minimum atomic E-state index is -1.15. The lowest BCUT2D eigenvalue weighted by molar-refractivity contribution is -0.163. The minimum Gasteiger partial charge on any atom is -0.480 e. The number of hydrogen-bond donors (Lipinski definition) is 1. The zero-order valence-electron chi connectivity index (χ0n) is 9.46. The van der Waals surface area contributed by atoms with Crippen LogP contribution in [0.25, 0.3) is 0 Å². The third-order valence-electron chi connectivity index (χ3n) is 3.59. The molecule has 0 aromatic carbocycles. The highest BCUT2D eigenvalue weighted by Gasteiger charge is 2.48. The van der Waals surface area contributed by atoms with Gasteiger partial charge in [0.25, 0.3) is 0 Å². The first-order chi connectivity index (χ1) is 8.06. The fourth-order valence-corrected chi connectivity index (χ4v) is 2.71. The fraction of sp³-hybridized carbons (Fsp3) is 0.583. The van der Waals surface area contributed by atoms with Gasteiger partial charge in [0, 0.05) is 11.8 Å². The molecule has 1 N–H and O–H groups in total. The molecule has 3 atom stereocenters. The van der Waals surface area contributed by atoms with Gasteiger partial charge in [-0.2, -0.15) is 0 Å². The Morgan fingerprint density at radius 1 is 1.41 bits per heavy atom. The van der Waals surface area contributed by atoms with Gasteiger partial charge in [-0.05, 0) is 25.7 Å². The van der Waals surface area contributed by atoms with Crippen LogP contribution in [0.15, 0.2) is 12.7 Å². The molecular formula is C12H15NO4. The number of likely N-dealkylation sites (tertiary alicyclic amines) is 1. The molecule has 2 fully saturated rings. The first kappa shape index (κ1) is 11.8. The normalized spacial score (nSPS) is 29.3. The Bertz CT molecular complexity index is 368.